The Labute approximate surface area is 106 Å². The fourth-order valence-corrected chi connectivity index (χ4v) is 3.17. The van der Waals surface area contributed by atoms with Gasteiger partial charge < -0.3 is 5.32 Å². The lowest BCUT2D eigenvalue weighted by Gasteiger charge is -2.23. The highest BCUT2D eigenvalue weighted by Crippen LogP contribution is 2.40. The van der Waals surface area contributed by atoms with Crippen molar-refractivity contribution in [2.24, 2.45) is 0 Å². The molecule has 0 fully saturated rings. The standard InChI is InChI=1S/C16H25N/c1-10(2)14-9-12-7-6-8-13(12)16(17-5)15(14)11(3)4/h9-11,17H,6-8H2,1-5H3. The van der Waals surface area contributed by atoms with Gasteiger partial charge in [0.15, 0.2) is 0 Å². The molecule has 2 rings (SSSR count). The molecule has 0 unspecified atom stereocenters. The monoisotopic (exact) mass is 231 g/mol. The van der Waals surface area contributed by atoms with E-state index in [1.807, 2.05) is 0 Å². The summed E-state index contributed by atoms with van der Waals surface area (Å²) in [5, 5.41) is 3.47. The van der Waals surface area contributed by atoms with Crippen LogP contribution >= 0.6 is 0 Å². The molecule has 0 spiro atoms. The van der Waals surface area contributed by atoms with Gasteiger partial charge in [-0.1, -0.05) is 33.8 Å². The Morgan fingerprint density at radius 2 is 1.76 bits per heavy atom. The second-order valence-corrected chi connectivity index (χ2v) is 5.81. The molecule has 0 heterocycles. The van der Waals surface area contributed by atoms with Crippen LogP contribution in [0, 0.1) is 0 Å². The summed E-state index contributed by atoms with van der Waals surface area (Å²) in [6.45, 7) is 9.23. The SMILES string of the molecule is CNc1c2c(cc(C(C)C)c1C(C)C)CCC2. The minimum Gasteiger partial charge on any atom is -0.388 e. The molecule has 0 saturated carbocycles. The van der Waals surface area contributed by atoms with Gasteiger partial charge in [-0.3, -0.25) is 0 Å². The minimum atomic E-state index is 0.598. The van der Waals surface area contributed by atoms with E-state index in [9.17, 15) is 0 Å². The predicted molar refractivity (Wildman–Crippen MR) is 76.2 cm³/mol. The van der Waals surface area contributed by atoms with E-state index in [-0.39, 0.29) is 0 Å². The van der Waals surface area contributed by atoms with Gasteiger partial charge in [0.05, 0.1) is 0 Å². The third-order valence-corrected chi connectivity index (χ3v) is 3.92. The van der Waals surface area contributed by atoms with Gasteiger partial charge in [-0.25, -0.2) is 0 Å². The van der Waals surface area contributed by atoms with Crippen molar-refractivity contribution in [3.8, 4) is 0 Å². The molecule has 1 aliphatic carbocycles. The number of hydrogen-bond donors (Lipinski definition) is 1. The van der Waals surface area contributed by atoms with Gasteiger partial charge >= 0.3 is 0 Å². The van der Waals surface area contributed by atoms with E-state index in [0.29, 0.717) is 11.8 Å². The molecule has 0 aliphatic heterocycles. The first-order valence-corrected chi connectivity index (χ1v) is 6.92. The first-order valence-electron chi connectivity index (χ1n) is 6.92. The fraction of sp³-hybridized carbons (Fsp3) is 0.625. The molecular formula is C16H25N. The van der Waals surface area contributed by atoms with Gasteiger partial charge in [0.2, 0.25) is 0 Å². The average Bonchev–Trinajstić information content (AvgIpc) is 2.73. The summed E-state index contributed by atoms with van der Waals surface area (Å²) < 4.78 is 0. The second kappa shape index (κ2) is 4.72. The zero-order chi connectivity index (χ0) is 12.6. The van der Waals surface area contributed by atoms with Crippen LogP contribution in [0.1, 0.15) is 68.2 Å². The maximum Gasteiger partial charge on any atom is 0.0410 e. The molecule has 0 saturated heterocycles. The Kier molecular flexibility index (Phi) is 3.46. The Morgan fingerprint density at radius 1 is 1.06 bits per heavy atom. The number of benzene rings is 1. The quantitative estimate of drug-likeness (QED) is 0.809. The number of rotatable bonds is 3. The number of hydrogen-bond acceptors (Lipinski definition) is 1. The zero-order valence-electron chi connectivity index (χ0n) is 11.9. The Morgan fingerprint density at radius 3 is 2.29 bits per heavy atom. The summed E-state index contributed by atoms with van der Waals surface area (Å²) in [5.41, 5.74) is 7.69. The van der Waals surface area contributed by atoms with Crippen molar-refractivity contribution in [3.63, 3.8) is 0 Å². The van der Waals surface area contributed by atoms with Gasteiger partial charge in [-0.15, -0.1) is 0 Å². The van der Waals surface area contributed by atoms with Crippen molar-refractivity contribution in [2.75, 3.05) is 12.4 Å². The summed E-state index contributed by atoms with van der Waals surface area (Å²) in [6.07, 6.45) is 3.84. The smallest absolute Gasteiger partial charge is 0.0410 e. The van der Waals surface area contributed by atoms with Crippen LogP contribution in [0.25, 0.3) is 0 Å². The number of aryl methyl sites for hydroxylation is 1. The largest absolute Gasteiger partial charge is 0.388 e. The van der Waals surface area contributed by atoms with E-state index in [4.69, 9.17) is 0 Å². The lowest BCUT2D eigenvalue weighted by molar-refractivity contribution is 0.788. The molecule has 17 heavy (non-hydrogen) atoms. The molecule has 1 nitrogen and oxygen atoms in total. The highest BCUT2D eigenvalue weighted by atomic mass is 14.8. The first-order chi connectivity index (χ1) is 8.06. The van der Waals surface area contributed by atoms with Crippen LogP contribution in [0.5, 0.6) is 0 Å². The Hall–Kier alpha value is -0.980. The number of anilines is 1. The lowest BCUT2D eigenvalue weighted by atomic mass is 9.85. The van der Waals surface area contributed by atoms with Crippen LogP contribution in [-0.4, -0.2) is 7.05 Å². The van der Waals surface area contributed by atoms with Crippen LogP contribution < -0.4 is 5.32 Å². The highest BCUT2D eigenvalue weighted by molar-refractivity contribution is 5.66. The maximum atomic E-state index is 3.47. The second-order valence-electron chi connectivity index (χ2n) is 5.81. The molecule has 0 aromatic heterocycles. The van der Waals surface area contributed by atoms with E-state index in [2.05, 4.69) is 46.1 Å². The van der Waals surface area contributed by atoms with E-state index in [1.165, 1.54) is 24.9 Å². The van der Waals surface area contributed by atoms with Gasteiger partial charge in [-0.2, -0.15) is 0 Å². The first kappa shape index (κ1) is 12.5. The molecule has 94 valence electrons. The van der Waals surface area contributed by atoms with Gasteiger partial charge in [0.1, 0.15) is 0 Å². The number of fused-ring (bicyclic) bond motifs is 1. The van der Waals surface area contributed by atoms with E-state index < -0.39 is 0 Å². The molecule has 0 radical (unpaired) electrons. The predicted octanol–water partition coefficient (Wildman–Crippen LogP) is 4.46. The lowest BCUT2D eigenvalue weighted by Crippen LogP contribution is -2.07. The van der Waals surface area contributed by atoms with Crippen molar-refractivity contribution in [2.45, 2.75) is 58.8 Å². The summed E-state index contributed by atoms with van der Waals surface area (Å²) in [4.78, 5) is 0. The molecule has 1 aromatic carbocycles. The van der Waals surface area contributed by atoms with E-state index in [0.717, 1.165) is 0 Å². The van der Waals surface area contributed by atoms with Gasteiger partial charge in [-0.05, 0) is 53.4 Å². The van der Waals surface area contributed by atoms with Crippen LogP contribution in [0.2, 0.25) is 0 Å². The minimum absolute atomic E-state index is 0.598. The summed E-state index contributed by atoms with van der Waals surface area (Å²) in [6, 6.07) is 2.48. The van der Waals surface area contributed by atoms with E-state index >= 15 is 0 Å². The normalized spacial score (nSPS) is 14.5. The van der Waals surface area contributed by atoms with Crippen molar-refractivity contribution in [3.05, 3.63) is 28.3 Å². The third kappa shape index (κ3) is 2.08. The summed E-state index contributed by atoms with van der Waals surface area (Å²) in [7, 11) is 2.07. The Bertz CT molecular complexity index is 416. The fourth-order valence-electron chi connectivity index (χ4n) is 3.17. The molecular weight excluding hydrogens is 206 g/mol. The van der Waals surface area contributed by atoms with Crippen molar-refractivity contribution < 1.29 is 0 Å². The van der Waals surface area contributed by atoms with Crippen LogP contribution in [0.15, 0.2) is 6.07 Å². The number of nitrogens with one attached hydrogen (secondary N) is 1. The maximum absolute atomic E-state index is 3.47. The topological polar surface area (TPSA) is 12.0 Å². The highest BCUT2D eigenvalue weighted by Gasteiger charge is 2.23. The molecule has 0 amide bonds. The van der Waals surface area contributed by atoms with Gasteiger partial charge in [0, 0.05) is 12.7 Å². The van der Waals surface area contributed by atoms with Crippen molar-refractivity contribution in [1.82, 2.24) is 0 Å². The summed E-state index contributed by atoms with van der Waals surface area (Å²) >= 11 is 0. The van der Waals surface area contributed by atoms with Crippen molar-refractivity contribution >= 4 is 5.69 Å². The molecule has 0 atom stereocenters. The van der Waals surface area contributed by atoms with Crippen LogP contribution in [-0.2, 0) is 12.8 Å². The van der Waals surface area contributed by atoms with Crippen LogP contribution in [0.3, 0.4) is 0 Å². The zero-order valence-corrected chi connectivity index (χ0v) is 11.9. The average molecular weight is 231 g/mol. The molecule has 1 N–H and O–H groups in total. The molecule has 0 bridgehead atoms. The van der Waals surface area contributed by atoms with Gasteiger partial charge in [0.25, 0.3) is 0 Å². The Balaban J connectivity index is 2.68. The van der Waals surface area contributed by atoms with E-state index in [1.54, 1.807) is 22.3 Å². The molecule has 1 aromatic rings. The molecule has 1 aliphatic rings. The molecule has 1 heteroatoms. The third-order valence-electron chi connectivity index (χ3n) is 3.92. The van der Waals surface area contributed by atoms with Crippen molar-refractivity contribution in [1.29, 1.82) is 0 Å². The summed E-state index contributed by atoms with van der Waals surface area (Å²) in [5.74, 6) is 1.21. The van der Waals surface area contributed by atoms with Crippen LogP contribution in [0.4, 0.5) is 5.69 Å².